The highest BCUT2D eigenvalue weighted by Crippen LogP contribution is 2.16. The Morgan fingerprint density at radius 2 is 1.95 bits per heavy atom. The van der Waals surface area contributed by atoms with E-state index in [9.17, 15) is 9.59 Å². The zero-order chi connectivity index (χ0) is 15.9. The van der Waals surface area contributed by atoms with Gasteiger partial charge < -0.3 is 10.1 Å². The standard InChI is InChI=1S/C14H14ClN3O3S/c1-21-8-13-17-18-14(22-13)16-12(20)7-6-11(19)9-2-4-10(15)5-3-9/h2-5H,6-8H2,1H3,(H,16,18,20). The van der Waals surface area contributed by atoms with E-state index in [2.05, 4.69) is 15.5 Å². The van der Waals surface area contributed by atoms with Crippen molar-refractivity contribution in [2.24, 2.45) is 0 Å². The lowest BCUT2D eigenvalue weighted by Gasteiger charge is -2.02. The van der Waals surface area contributed by atoms with Crippen LogP contribution >= 0.6 is 22.9 Å². The van der Waals surface area contributed by atoms with Gasteiger partial charge in [0.05, 0.1) is 0 Å². The van der Waals surface area contributed by atoms with Crippen molar-refractivity contribution >= 4 is 39.8 Å². The molecule has 0 saturated carbocycles. The van der Waals surface area contributed by atoms with E-state index < -0.39 is 0 Å². The third-order valence-corrected chi connectivity index (χ3v) is 3.79. The Kier molecular flexibility index (Phi) is 6.00. The first-order chi connectivity index (χ1) is 10.6. The van der Waals surface area contributed by atoms with Gasteiger partial charge in [0.25, 0.3) is 0 Å². The number of hydrogen-bond acceptors (Lipinski definition) is 6. The summed E-state index contributed by atoms with van der Waals surface area (Å²) in [5, 5.41) is 11.9. The predicted molar refractivity (Wildman–Crippen MR) is 84.3 cm³/mol. The Morgan fingerprint density at radius 3 is 2.64 bits per heavy atom. The Labute approximate surface area is 136 Å². The van der Waals surface area contributed by atoms with Crippen LogP contribution in [0.2, 0.25) is 5.02 Å². The van der Waals surface area contributed by atoms with Crippen LogP contribution in [-0.2, 0) is 16.1 Å². The normalized spacial score (nSPS) is 10.5. The van der Waals surface area contributed by atoms with Gasteiger partial charge >= 0.3 is 0 Å². The first-order valence-corrected chi connectivity index (χ1v) is 7.68. The number of ketones is 1. The smallest absolute Gasteiger partial charge is 0.226 e. The van der Waals surface area contributed by atoms with E-state index in [0.29, 0.717) is 27.3 Å². The molecule has 22 heavy (non-hydrogen) atoms. The Hall–Kier alpha value is -1.83. The van der Waals surface area contributed by atoms with Crippen molar-refractivity contribution in [1.29, 1.82) is 0 Å². The molecule has 0 aliphatic heterocycles. The number of methoxy groups -OCH3 is 1. The molecule has 0 saturated heterocycles. The van der Waals surface area contributed by atoms with Gasteiger partial charge in [-0.1, -0.05) is 22.9 Å². The minimum atomic E-state index is -0.276. The SMILES string of the molecule is COCc1nnc(NC(=O)CCC(=O)c2ccc(Cl)cc2)s1. The van der Waals surface area contributed by atoms with Gasteiger partial charge in [0.1, 0.15) is 11.6 Å². The van der Waals surface area contributed by atoms with Gasteiger partial charge in [-0.15, -0.1) is 10.2 Å². The molecule has 0 spiro atoms. The molecule has 0 radical (unpaired) electrons. The summed E-state index contributed by atoms with van der Waals surface area (Å²) in [6, 6.07) is 6.58. The molecule has 6 nitrogen and oxygen atoms in total. The quantitative estimate of drug-likeness (QED) is 0.784. The number of rotatable bonds is 7. The Bertz CT molecular complexity index is 658. The number of amides is 1. The number of anilines is 1. The van der Waals surface area contributed by atoms with Gasteiger partial charge in [0.15, 0.2) is 5.78 Å². The fourth-order valence-electron chi connectivity index (χ4n) is 1.67. The van der Waals surface area contributed by atoms with E-state index >= 15 is 0 Å². The molecule has 2 rings (SSSR count). The molecule has 0 fully saturated rings. The zero-order valence-corrected chi connectivity index (χ0v) is 13.4. The second-order valence-corrected chi connectivity index (χ2v) is 5.91. The van der Waals surface area contributed by atoms with E-state index in [4.69, 9.17) is 16.3 Å². The molecule has 2 aromatic rings. The summed E-state index contributed by atoms with van der Waals surface area (Å²) in [6.07, 6.45) is 0.206. The number of aromatic nitrogens is 2. The van der Waals surface area contributed by atoms with E-state index in [1.807, 2.05) is 0 Å². The van der Waals surface area contributed by atoms with Crippen LogP contribution in [0.3, 0.4) is 0 Å². The number of Topliss-reactive ketones (excluding diaryl/α,β-unsaturated/α-hetero) is 1. The summed E-state index contributed by atoms with van der Waals surface area (Å²) < 4.78 is 4.92. The van der Waals surface area contributed by atoms with Crippen molar-refractivity contribution in [3.63, 3.8) is 0 Å². The fourth-order valence-corrected chi connectivity index (χ4v) is 2.53. The third kappa shape index (κ3) is 4.87. The van der Waals surface area contributed by atoms with Gasteiger partial charge in [0.2, 0.25) is 11.0 Å². The molecule has 1 N–H and O–H groups in total. The van der Waals surface area contributed by atoms with Gasteiger partial charge in [-0.25, -0.2) is 0 Å². The molecular weight excluding hydrogens is 326 g/mol. The summed E-state index contributed by atoms with van der Waals surface area (Å²) in [4.78, 5) is 23.7. The van der Waals surface area contributed by atoms with Gasteiger partial charge in [-0.2, -0.15) is 0 Å². The monoisotopic (exact) mass is 339 g/mol. The molecule has 1 heterocycles. The topological polar surface area (TPSA) is 81.2 Å². The van der Waals surface area contributed by atoms with E-state index in [1.54, 1.807) is 31.4 Å². The Balaban J connectivity index is 1.81. The third-order valence-electron chi connectivity index (χ3n) is 2.73. The lowest BCUT2D eigenvalue weighted by molar-refractivity contribution is -0.116. The first kappa shape index (κ1) is 16.5. The number of nitrogens with zero attached hydrogens (tertiary/aromatic N) is 2. The van der Waals surface area contributed by atoms with Crippen molar-refractivity contribution in [2.45, 2.75) is 19.4 Å². The van der Waals surface area contributed by atoms with Crippen LogP contribution in [0.4, 0.5) is 5.13 Å². The largest absolute Gasteiger partial charge is 0.377 e. The molecule has 0 unspecified atom stereocenters. The van der Waals surface area contributed by atoms with Crippen LogP contribution in [0.15, 0.2) is 24.3 Å². The summed E-state index contributed by atoms with van der Waals surface area (Å²) in [6.45, 7) is 0.350. The van der Waals surface area contributed by atoms with Crippen LogP contribution in [0, 0.1) is 0 Å². The average Bonchev–Trinajstić information content (AvgIpc) is 2.93. The lowest BCUT2D eigenvalue weighted by atomic mass is 10.1. The van der Waals surface area contributed by atoms with Crippen LogP contribution in [0.25, 0.3) is 0 Å². The molecule has 1 amide bonds. The number of carbonyl (C=O) groups is 2. The summed E-state index contributed by atoms with van der Waals surface area (Å²) in [5.41, 5.74) is 0.537. The van der Waals surface area contributed by atoms with Crippen LogP contribution in [0.5, 0.6) is 0 Å². The van der Waals surface area contributed by atoms with Crippen molar-refractivity contribution in [3.05, 3.63) is 39.9 Å². The second-order valence-electron chi connectivity index (χ2n) is 4.41. The summed E-state index contributed by atoms with van der Waals surface area (Å²) >= 11 is 7.00. The molecule has 0 bridgehead atoms. The van der Waals surface area contributed by atoms with Crippen LogP contribution in [0.1, 0.15) is 28.2 Å². The number of hydrogen-bond donors (Lipinski definition) is 1. The number of nitrogens with one attached hydrogen (secondary N) is 1. The minimum Gasteiger partial charge on any atom is -0.377 e. The molecule has 116 valence electrons. The van der Waals surface area contributed by atoms with Gasteiger partial charge in [-0.3, -0.25) is 9.59 Å². The maximum atomic E-state index is 11.9. The highest BCUT2D eigenvalue weighted by atomic mass is 35.5. The van der Waals surface area contributed by atoms with Crippen molar-refractivity contribution < 1.29 is 14.3 Å². The fraction of sp³-hybridized carbons (Fsp3) is 0.286. The van der Waals surface area contributed by atoms with Crippen molar-refractivity contribution in [2.75, 3.05) is 12.4 Å². The highest BCUT2D eigenvalue weighted by molar-refractivity contribution is 7.15. The molecule has 0 aliphatic carbocycles. The number of carbonyl (C=O) groups excluding carboxylic acids is 2. The van der Waals surface area contributed by atoms with Crippen LogP contribution in [-0.4, -0.2) is 29.0 Å². The Morgan fingerprint density at radius 1 is 1.23 bits per heavy atom. The maximum Gasteiger partial charge on any atom is 0.226 e. The zero-order valence-electron chi connectivity index (χ0n) is 11.8. The lowest BCUT2D eigenvalue weighted by Crippen LogP contribution is -2.13. The summed E-state index contributed by atoms with van der Waals surface area (Å²) in [5.74, 6) is -0.383. The maximum absolute atomic E-state index is 11.9. The molecule has 0 atom stereocenters. The van der Waals surface area contributed by atoms with Crippen LogP contribution < -0.4 is 5.32 Å². The highest BCUT2D eigenvalue weighted by Gasteiger charge is 2.11. The molecule has 1 aromatic heterocycles. The molecule has 0 aliphatic rings. The number of halogens is 1. The molecular formula is C14H14ClN3O3S. The minimum absolute atomic E-state index is 0.0840. The summed E-state index contributed by atoms with van der Waals surface area (Å²) in [7, 11) is 1.56. The van der Waals surface area contributed by atoms with Gasteiger partial charge in [0, 0.05) is 30.5 Å². The number of ether oxygens (including phenoxy) is 1. The first-order valence-electron chi connectivity index (χ1n) is 6.48. The second kappa shape index (κ2) is 7.98. The van der Waals surface area contributed by atoms with Gasteiger partial charge in [-0.05, 0) is 24.3 Å². The van der Waals surface area contributed by atoms with E-state index in [-0.39, 0.29) is 24.5 Å². The number of benzene rings is 1. The predicted octanol–water partition coefficient (Wildman–Crippen LogP) is 2.94. The van der Waals surface area contributed by atoms with Crippen molar-refractivity contribution in [3.8, 4) is 0 Å². The van der Waals surface area contributed by atoms with E-state index in [0.717, 1.165) is 0 Å². The molecule has 8 heteroatoms. The van der Waals surface area contributed by atoms with Crippen molar-refractivity contribution in [1.82, 2.24) is 10.2 Å². The van der Waals surface area contributed by atoms with E-state index in [1.165, 1.54) is 11.3 Å². The average molecular weight is 340 g/mol. The molecule has 1 aromatic carbocycles.